The summed E-state index contributed by atoms with van der Waals surface area (Å²) in [6.07, 6.45) is 0.669. The van der Waals surface area contributed by atoms with Crippen LogP contribution in [0.5, 0.6) is 22.4 Å². The third kappa shape index (κ3) is 4.58. The highest BCUT2D eigenvalue weighted by molar-refractivity contribution is 7.92. The topological polar surface area (TPSA) is 139 Å². The molecule has 174 valence electrons. The molecule has 0 bridgehead atoms. The number of sulfonamides is 1. The van der Waals surface area contributed by atoms with Gasteiger partial charge in [-0.2, -0.15) is 0 Å². The number of aryl methyl sites for hydroxylation is 1. The van der Waals surface area contributed by atoms with Crippen molar-refractivity contribution in [2.24, 2.45) is 5.73 Å². The predicted molar refractivity (Wildman–Crippen MR) is 124 cm³/mol. The van der Waals surface area contributed by atoms with E-state index in [1.807, 2.05) is 13.0 Å². The van der Waals surface area contributed by atoms with Crippen LogP contribution in [0, 0.1) is 0 Å². The summed E-state index contributed by atoms with van der Waals surface area (Å²) in [6.45, 7) is 2.24. The predicted octanol–water partition coefficient (Wildman–Crippen LogP) is 3.92. The number of hydrogen-bond acceptors (Lipinski definition) is 10. The number of anilines is 1. The summed E-state index contributed by atoms with van der Waals surface area (Å²) in [5.41, 5.74) is 7.42. The van der Waals surface area contributed by atoms with Crippen molar-refractivity contribution in [1.29, 1.82) is 0 Å². The third-order valence-corrected chi connectivity index (χ3v) is 6.96. The quantitative estimate of drug-likeness (QED) is 0.357. The molecule has 0 spiro atoms. The zero-order chi connectivity index (χ0) is 23.6. The van der Waals surface area contributed by atoms with Crippen LogP contribution < -0.4 is 24.7 Å². The molecule has 0 aliphatic rings. The number of nitrogens with zero attached hydrogens (tertiary/aromatic N) is 2. The van der Waals surface area contributed by atoms with Gasteiger partial charge in [0.25, 0.3) is 15.2 Å². The molecule has 4 rings (SSSR count). The SMILES string of the molecule is CCc1ccc(OC)c(S(=O)(=O)Nc2noc3cc(Oc4nc(CN)cs4)cc(OC)c23)c1. The van der Waals surface area contributed by atoms with Crippen molar-refractivity contribution in [1.82, 2.24) is 10.1 Å². The van der Waals surface area contributed by atoms with E-state index < -0.39 is 10.0 Å². The first-order chi connectivity index (χ1) is 15.9. The summed E-state index contributed by atoms with van der Waals surface area (Å²) < 4.78 is 50.7. The minimum atomic E-state index is -4.04. The van der Waals surface area contributed by atoms with Crippen LogP contribution in [0.1, 0.15) is 18.2 Å². The van der Waals surface area contributed by atoms with Gasteiger partial charge in [-0.15, -0.1) is 0 Å². The fourth-order valence-corrected chi connectivity index (χ4v) is 5.09. The van der Waals surface area contributed by atoms with Crippen LogP contribution in [-0.2, 0) is 23.0 Å². The van der Waals surface area contributed by atoms with Gasteiger partial charge in [0, 0.05) is 24.1 Å². The molecule has 10 nitrogen and oxygen atoms in total. The van der Waals surface area contributed by atoms with Crippen LogP contribution in [-0.4, -0.2) is 32.8 Å². The summed E-state index contributed by atoms with van der Waals surface area (Å²) >= 11 is 1.30. The molecule has 12 heteroatoms. The second-order valence-electron chi connectivity index (χ2n) is 6.89. The second-order valence-corrected chi connectivity index (χ2v) is 9.36. The molecule has 0 aliphatic heterocycles. The number of ether oxygens (including phenoxy) is 3. The van der Waals surface area contributed by atoms with E-state index in [2.05, 4.69) is 14.9 Å². The van der Waals surface area contributed by atoms with Gasteiger partial charge >= 0.3 is 0 Å². The Morgan fingerprint density at radius 3 is 2.61 bits per heavy atom. The number of thiazole rings is 1. The van der Waals surface area contributed by atoms with Gasteiger partial charge in [-0.3, -0.25) is 4.72 Å². The normalized spacial score (nSPS) is 11.5. The fraction of sp³-hybridized carbons (Fsp3) is 0.238. The molecule has 0 atom stereocenters. The Bertz CT molecular complexity index is 1400. The highest BCUT2D eigenvalue weighted by Crippen LogP contribution is 2.39. The van der Waals surface area contributed by atoms with Crippen LogP contribution >= 0.6 is 11.3 Å². The smallest absolute Gasteiger partial charge is 0.278 e. The summed E-state index contributed by atoms with van der Waals surface area (Å²) in [6, 6.07) is 8.17. The molecule has 0 radical (unpaired) electrons. The number of hydrogen-bond donors (Lipinski definition) is 2. The maximum atomic E-state index is 13.2. The molecular weight excluding hydrogens is 468 g/mol. The van der Waals surface area contributed by atoms with Gasteiger partial charge in [0.05, 0.1) is 19.9 Å². The van der Waals surface area contributed by atoms with Gasteiger partial charge in [0.1, 0.15) is 27.5 Å². The molecule has 3 N–H and O–H groups in total. The van der Waals surface area contributed by atoms with Crippen molar-refractivity contribution < 1.29 is 27.2 Å². The van der Waals surface area contributed by atoms with E-state index in [1.54, 1.807) is 29.6 Å². The molecule has 0 fully saturated rings. The second kappa shape index (κ2) is 9.25. The highest BCUT2D eigenvalue weighted by Gasteiger charge is 2.25. The van der Waals surface area contributed by atoms with E-state index in [1.165, 1.54) is 25.6 Å². The first-order valence-electron chi connectivity index (χ1n) is 9.88. The van der Waals surface area contributed by atoms with Crippen LogP contribution in [0.15, 0.2) is 45.1 Å². The molecule has 4 aromatic rings. The standard InChI is InChI=1S/C21H22N4O6S2/c1-4-12-5-6-15(28-2)18(7-12)33(26,27)25-20-19-16(29-3)8-14(9-17(19)31-24-20)30-21-23-13(10-22)11-32-21/h5-9,11H,4,10,22H2,1-3H3,(H,24,25). The number of nitrogens with two attached hydrogens (primary N) is 1. The van der Waals surface area contributed by atoms with Gasteiger partial charge in [-0.1, -0.05) is 29.5 Å². The van der Waals surface area contributed by atoms with Crippen molar-refractivity contribution in [3.63, 3.8) is 0 Å². The van der Waals surface area contributed by atoms with Gasteiger partial charge in [-0.25, -0.2) is 13.4 Å². The largest absolute Gasteiger partial charge is 0.496 e. The monoisotopic (exact) mass is 490 g/mol. The zero-order valence-electron chi connectivity index (χ0n) is 18.1. The minimum Gasteiger partial charge on any atom is -0.496 e. The average Bonchev–Trinajstić information content (AvgIpc) is 3.44. The van der Waals surface area contributed by atoms with E-state index in [0.717, 1.165) is 5.56 Å². The third-order valence-electron chi connectivity index (χ3n) is 4.83. The van der Waals surface area contributed by atoms with E-state index in [4.69, 9.17) is 24.5 Å². The molecule has 0 amide bonds. The molecule has 0 saturated heterocycles. The van der Waals surface area contributed by atoms with Crippen LogP contribution in [0.3, 0.4) is 0 Å². The van der Waals surface area contributed by atoms with Gasteiger partial charge in [0.15, 0.2) is 11.4 Å². The molecule has 2 heterocycles. The zero-order valence-corrected chi connectivity index (χ0v) is 19.7. The number of methoxy groups -OCH3 is 2. The molecule has 0 unspecified atom stereocenters. The Labute approximate surface area is 194 Å². The molecule has 0 saturated carbocycles. The Morgan fingerprint density at radius 1 is 1.15 bits per heavy atom. The average molecular weight is 491 g/mol. The summed E-state index contributed by atoms with van der Waals surface area (Å²) in [5, 5.41) is 6.46. The summed E-state index contributed by atoms with van der Waals surface area (Å²) in [7, 11) is -1.17. The van der Waals surface area contributed by atoms with Crippen molar-refractivity contribution in [3.05, 3.63) is 47.0 Å². The Morgan fingerprint density at radius 2 is 1.94 bits per heavy atom. The highest BCUT2D eigenvalue weighted by atomic mass is 32.2. The fourth-order valence-electron chi connectivity index (χ4n) is 3.16. The van der Waals surface area contributed by atoms with Gasteiger partial charge in [0.2, 0.25) is 0 Å². The Balaban J connectivity index is 1.70. The first-order valence-corrected chi connectivity index (χ1v) is 12.2. The lowest BCUT2D eigenvalue weighted by atomic mass is 10.2. The van der Waals surface area contributed by atoms with Crippen molar-refractivity contribution >= 4 is 38.1 Å². The number of fused-ring (bicyclic) bond motifs is 1. The van der Waals surface area contributed by atoms with E-state index >= 15 is 0 Å². The molecule has 2 aromatic heterocycles. The van der Waals surface area contributed by atoms with Crippen molar-refractivity contribution in [3.8, 4) is 22.4 Å². The van der Waals surface area contributed by atoms with Crippen LogP contribution in [0.4, 0.5) is 5.82 Å². The lowest BCUT2D eigenvalue weighted by Gasteiger charge is -2.12. The van der Waals surface area contributed by atoms with E-state index in [9.17, 15) is 8.42 Å². The van der Waals surface area contributed by atoms with Crippen LogP contribution in [0.25, 0.3) is 11.0 Å². The summed E-state index contributed by atoms with van der Waals surface area (Å²) in [5.74, 6) is 0.902. The number of aromatic nitrogens is 2. The molecule has 2 aromatic carbocycles. The Hall–Kier alpha value is -3.35. The molecule has 33 heavy (non-hydrogen) atoms. The maximum absolute atomic E-state index is 13.2. The lowest BCUT2D eigenvalue weighted by Crippen LogP contribution is -2.15. The van der Waals surface area contributed by atoms with Gasteiger partial charge < -0.3 is 24.5 Å². The van der Waals surface area contributed by atoms with E-state index in [0.29, 0.717) is 40.7 Å². The van der Waals surface area contributed by atoms with Gasteiger partial charge in [-0.05, 0) is 24.1 Å². The maximum Gasteiger partial charge on any atom is 0.278 e. The molecular formula is C21H22N4O6S2. The van der Waals surface area contributed by atoms with E-state index in [-0.39, 0.29) is 22.0 Å². The van der Waals surface area contributed by atoms with Crippen LogP contribution in [0.2, 0.25) is 0 Å². The van der Waals surface area contributed by atoms with Crippen molar-refractivity contribution in [2.75, 3.05) is 18.9 Å². The number of nitrogens with one attached hydrogen (secondary N) is 1. The van der Waals surface area contributed by atoms with Crippen molar-refractivity contribution in [2.45, 2.75) is 24.8 Å². The molecule has 0 aliphatic carbocycles. The first kappa shape index (κ1) is 22.8. The number of benzene rings is 2. The minimum absolute atomic E-state index is 0.00102. The lowest BCUT2D eigenvalue weighted by molar-refractivity contribution is 0.402. The Kier molecular flexibility index (Phi) is 6.40. The number of rotatable bonds is 9. The summed E-state index contributed by atoms with van der Waals surface area (Å²) in [4.78, 5) is 4.26.